The Hall–Kier alpha value is -2.40. The smallest absolute Gasteiger partial charge is 0.319 e. The lowest BCUT2D eigenvalue weighted by Gasteiger charge is -2.18. The van der Waals surface area contributed by atoms with Crippen molar-refractivity contribution in [3.05, 3.63) is 65.0 Å². The minimum absolute atomic E-state index is 0.123. The second-order valence-electron chi connectivity index (χ2n) is 5.53. The Morgan fingerprint density at radius 3 is 2.86 bits per heavy atom. The molecule has 0 saturated carbocycles. The van der Waals surface area contributed by atoms with Gasteiger partial charge in [-0.05, 0) is 35.7 Å². The molecule has 1 aliphatic carbocycles. The average Bonchev–Trinajstić information content (AvgIpc) is 2.79. The van der Waals surface area contributed by atoms with Gasteiger partial charge in [-0.15, -0.1) is 0 Å². The molecule has 1 aliphatic rings. The standard InChI is InChI=1S/C17H17FN2O2/c1-10-6-7-13(18)14(8-10)19-17(22)20-16-12-5-3-2-4-11(12)9-15(16)21/h2-8,15-16,21H,9H2,1H3,(H2,19,20,22)/t15-,16+/m0/s1. The minimum Gasteiger partial charge on any atom is -0.390 e. The van der Waals surface area contributed by atoms with Gasteiger partial charge in [-0.25, -0.2) is 9.18 Å². The third kappa shape index (κ3) is 2.80. The third-order valence-electron chi connectivity index (χ3n) is 3.86. The van der Waals surface area contributed by atoms with Crippen molar-refractivity contribution >= 4 is 11.7 Å². The van der Waals surface area contributed by atoms with Gasteiger partial charge in [0.05, 0.1) is 17.8 Å². The molecule has 0 unspecified atom stereocenters. The van der Waals surface area contributed by atoms with Gasteiger partial charge in [-0.1, -0.05) is 30.3 Å². The molecule has 0 aliphatic heterocycles. The molecule has 2 aromatic rings. The number of aliphatic hydroxyl groups is 1. The summed E-state index contributed by atoms with van der Waals surface area (Å²) in [6.45, 7) is 1.82. The number of carbonyl (C=O) groups is 1. The highest BCUT2D eigenvalue weighted by Gasteiger charge is 2.31. The van der Waals surface area contributed by atoms with E-state index >= 15 is 0 Å². The van der Waals surface area contributed by atoms with Crippen molar-refractivity contribution in [1.29, 1.82) is 0 Å². The molecule has 0 fully saturated rings. The van der Waals surface area contributed by atoms with Gasteiger partial charge in [0.1, 0.15) is 5.82 Å². The molecule has 2 atom stereocenters. The molecule has 0 radical (unpaired) electrons. The normalized spacial score (nSPS) is 19.6. The molecule has 0 aromatic heterocycles. The highest BCUT2D eigenvalue weighted by molar-refractivity contribution is 5.89. The van der Waals surface area contributed by atoms with Gasteiger partial charge in [0.2, 0.25) is 0 Å². The lowest BCUT2D eigenvalue weighted by atomic mass is 10.1. The summed E-state index contributed by atoms with van der Waals surface area (Å²) < 4.78 is 13.7. The second-order valence-corrected chi connectivity index (χ2v) is 5.53. The number of hydrogen-bond donors (Lipinski definition) is 3. The molecule has 3 rings (SSSR count). The lowest BCUT2D eigenvalue weighted by molar-refractivity contribution is 0.144. The Bertz CT molecular complexity index is 718. The average molecular weight is 300 g/mol. The van der Waals surface area contributed by atoms with Gasteiger partial charge in [-0.3, -0.25) is 0 Å². The number of benzene rings is 2. The van der Waals surface area contributed by atoms with E-state index in [0.29, 0.717) is 6.42 Å². The molecule has 5 heteroatoms. The van der Waals surface area contributed by atoms with Crippen LogP contribution in [0, 0.1) is 12.7 Å². The van der Waals surface area contributed by atoms with Gasteiger partial charge in [0.15, 0.2) is 0 Å². The maximum absolute atomic E-state index is 13.7. The zero-order valence-electron chi connectivity index (χ0n) is 12.1. The van der Waals surface area contributed by atoms with Gasteiger partial charge >= 0.3 is 6.03 Å². The van der Waals surface area contributed by atoms with Crippen molar-refractivity contribution in [1.82, 2.24) is 5.32 Å². The van der Waals surface area contributed by atoms with E-state index in [2.05, 4.69) is 10.6 Å². The fourth-order valence-electron chi connectivity index (χ4n) is 2.78. The van der Waals surface area contributed by atoms with Crippen LogP contribution in [0.15, 0.2) is 42.5 Å². The zero-order valence-corrected chi connectivity index (χ0v) is 12.1. The summed E-state index contributed by atoms with van der Waals surface area (Å²) in [4.78, 5) is 12.1. The SMILES string of the molecule is Cc1ccc(F)c(NC(=O)N[C@@H]2c3ccccc3C[C@@H]2O)c1. The third-order valence-corrected chi connectivity index (χ3v) is 3.86. The summed E-state index contributed by atoms with van der Waals surface area (Å²) in [6.07, 6.45) is -0.176. The van der Waals surface area contributed by atoms with Crippen LogP contribution in [-0.2, 0) is 6.42 Å². The molecule has 0 spiro atoms. The van der Waals surface area contributed by atoms with E-state index in [1.54, 1.807) is 12.1 Å². The number of amides is 2. The summed E-state index contributed by atoms with van der Waals surface area (Å²) in [5.74, 6) is -0.492. The monoisotopic (exact) mass is 300 g/mol. The van der Waals surface area contributed by atoms with E-state index in [1.807, 2.05) is 31.2 Å². The first kappa shape index (κ1) is 14.5. The van der Waals surface area contributed by atoms with Crippen molar-refractivity contribution in [2.45, 2.75) is 25.5 Å². The van der Waals surface area contributed by atoms with Crippen LogP contribution in [0.5, 0.6) is 0 Å². The number of anilines is 1. The van der Waals surface area contributed by atoms with Crippen LogP contribution in [0.2, 0.25) is 0 Å². The minimum atomic E-state index is -0.675. The van der Waals surface area contributed by atoms with Crippen LogP contribution < -0.4 is 10.6 Å². The molecule has 3 N–H and O–H groups in total. The van der Waals surface area contributed by atoms with Crippen molar-refractivity contribution < 1.29 is 14.3 Å². The van der Waals surface area contributed by atoms with Crippen molar-refractivity contribution in [2.24, 2.45) is 0 Å². The van der Waals surface area contributed by atoms with E-state index in [4.69, 9.17) is 0 Å². The first-order valence-electron chi connectivity index (χ1n) is 7.14. The Morgan fingerprint density at radius 1 is 1.27 bits per heavy atom. The number of hydrogen-bond acceptors (Lipinski definition) is 2. The predicted molar refractivity (Wildman–Crippen MR) is 82.2 cm³/mol. The molecule has 2 amide bonds. The van der Waals surface area contributed by atoms with Crippen molar-refractivity contribution in [3.63, 3.8) is 0 Å². The summed E-state index contributed by atoms with van der Waals surface area (Å²) in [7, 11) is 0. The fraction of sp³-hybridized carbons (Fsp3) is 0.235. The van der Waals surface area contributed by atoms with E-state index in [1.165, 1.54) is 6.07 Å². The molecule has 22 heavy (non-hydrogen) atoms. The van der Waals surface area contributed by atoms with Crippen LogP contribution in [0.3, 0.4) is 0 Å². The Labute approximate surface area is 128 Å². The van der Waals surface area contributed by atoms with Crippen molar-refractivity contribution in [2.75, 3.05) is 5.32 Å². The largest absolute Gasteiger partial charge is 0.390 e. The molecular weight excluding hydrogens is 283 g/mol. The Balaban J connectivity index is 1.73. The summed E-state index contributed by atoms with van der Waals surface area (Å²) in [5, 5.41) is 15.3. The second kappa shape index (κ2) is 5.77. The number of nitrogens with one attached hydrogen (secondary N) is 2. The first-order valence-corrected chi connectivity index (χ1v) is 7.14. The first-order chi connectivity index (χ1) is 10.5. The van der Waals surface area contributed by atoms with Crippen LogP contribution in [0.25, 0.3) is 0 Å². The highest BCUT2D eigenvalue weighted by atomic mass is 19.1. The quantitative estimate of drug-likeness (QED) is 0.798. The van der Waals surface area contributed by atoms with Crippen LogP contribution in [0.4, 0.5) is 14.9 Å². The van der Waals surface area contributed by atoms with E-state index in [-0.39, 0.29) is 5.69 Å². The molecule has 2 aromatic carbocycles. The van der Waals surface area contributed by atoms with Crippen LogP contribution >= 0.6 is 0 Å². The van der Waals surface area contributed by atoms with E-state index in [0.717, 1.165) is 16.7 Å². The summed E-state index contributed by atoms with van der Waals surface area (Å²) in [5.41, 5.74) is 2.89. The molecule has 0 bridgehead atoms. The van der Waals surface area contributed by atoms with E-state index in [9.17, 15) is 14.3 Å². The van der Waals surface area contributed by atoms with Crippen molar-refractivity contribution in [3.8, 4) is 0 Å². The van der Waals surface area contributed by atoms with Gasteiger partial charge in [-0.2, -0.15) is 0 Å². The predicted octanol–water partition coefficient (Wildman–Crippen LogP) is 2.91. The number of halogens is 1. The number of urea groups is 1. The zero-order chi connectivity index (χ0) is 15.7. The molecule has 114 valence electrons. The fourth-order valence-corrected chi connectivity index (χ4v) is 2.78. The number of fused-ring (bicyclic) bond motifs is 1. The molecule has 0 saturated heterocycles. The Kier molecular flexibility index (Phi) is 3.81. The lowest BCUT2D eigenvalue weighted by Crippen LogP contribution is -2.37. The van der Waals surface area contributed by atoms with Crippen LogP contribution in [-0.4, -0.2) is 17.2 Å². The number of aliphatic hydroxyl groups excluding tert-OH is 1. The van der Waals surface area contributed by atoms with Gasteiger partial charge in [0.25, 0.3) is 0 Å². The maximum Gasteiger partial charge on any atom is 0.319 e. The number of rotatable bonds is 2. The molecule has 0 heterocycles. The van der Waals surface area contributed by atoms with Crippen LogP contribution in [0.1, 0.15) is 22.7 Å². The topological polar surface area (TPSA) is 61.4 Å². The summed E-state index contributed by atoms with van der Waals surface area (Å²) in [6, 6.07) is 11.1. The summed E-state index contributed by atoms with van der Waals surface area (Å²) >= 11 is 0. The van der Waals surface area contributed by atoms with E-state index < -0.39 is 24.0 Å². The number of carbonyl (C=O) groups excluding carboxylic acids is 1. The maximum atomic E-state index is 13.7. The molecule has 4 nitrogen and oxygen atoms in total. The highest BCUT2D eigenvalue weighted by Crippen LogP contribution is 2.31. The Morgan fingerprint density at radius 2 is 2.05 bits per heavy atom. The van der Waals surface area contributed by atoms with Gasteiger partial charge in [0, 0.05) is 6.42 Å². The van der Waals surface area contributed by atoms with Gasteiger partial charge < -0.3 is 15.7 Å². The number of aryl methyl sites for hydroxylation is 1. The molecular formula is C17H17FN2O2.